The monoisotopic (exact) mass is 392 g/mol. The molecule has 1 N–H and O–H groups in total. The summed E-state index contributed by atoms with van der Waals surface area (Å²) in [5.74, 6) is 1.51. The second-order valence-electron chi connectivity index (χ2n) is 8.33. The molecule has 1 fully saturated rings. The van der Waals surface area contributed by atoms with Gasteiger partial charge in [-0.1, -0.05) is 12.1 Å². The number of amides is 2. The Labute approximate surface area is 169 Å². The molecule has 29 heavy (non-hydrogen) atoms. The first-order chi connectivity index (χ1) is 14.0. The summed E-state index contributed by atoms with van der Waals surface area (Å²) in [5, 5.41) is 3.16. The highest BCUT2D eigenvalue weighted by Crippen LogP contribution is 2.38. The van der Waals surface area contributed by atoms with Crippen LogP contribution in [0.5, 0.6) is 5.75 Å². The fraction of sp³-hybridized carbons (Fsp3) is 0.455. The molecule has 0 radical (unpaired) electrons. The molecule has 1 aliphatic carbocycles. The molecule has 1 spiro atoms. The van der Waals surface area contributed by atoms with Crippen molar-refractivity contribution in [2.45, 2.75) is 50.7 Å². The van der Waals surface area contributed by atoms with E-state index in [0.717, 1.165) is 36.3 Å². The number of benzene rings is 1. The zero-order chi connectivity index (χ0) is 20.0. The van der Waals surface area contributed by atoms with Crippen molar-refractivity contribution in [3.63, 3.8) is 0 Å². The lowest BCUT2D eigenvalue weighted by atomic mass is 9.89. The second-order valence-corrected chi connectivity index (χ2v) is 8.33. The van der Waals surface area contributed by atoms with E-state index in [0.29, 0.717) is 37.2 Å². The third kappa shape index (κ3) is 3.34. The Morgan fingerprint density at radius 3 is 3.10 bits per heavy atom. The number of ether oxygens (including phenoxy) is 1. The predicted octanol–water partition coefficient (Wildman–Crippen LogP) is 2.46. The molecule has 7 heteroatoms. The Kier molecular flexibility index (Phi) is 4.26. The van der Waals surface area contributed by atoms with Crippen LogP contribution in [-0.2, 0) is 12.8 Å². The summed E-state index contributed by atoms with van der Waals surface area (Å²) in [4.78, 5) is 36.0. The molecule has 7 nitrogen and oxygen atoms in total. The smallest absolute Gasteiger partial charge is 0.317 e. The van der Waals surface area contributed by atoms with E-state index in [2.05, 4.69) is 15.3 Å². The molecule has 150 valence electrons. The van der Waals surface area contributed by atoms with Gasteiger partial charge >= 0.3 is 6.03 Å². The van der Waals surface area contributed by atoms with Crippen molar-refractivity contribution in [2.24, 2.45) is 0 Å². The molecule has 3 aliphatic rings. The minimum atomic E-state index is -0.604. The Hall–Kier alpha value is -2.96. The minimum Gasteiger partial charge on any atom is -0.484 e. The first-order valence-electron chi connectivity index (χ1n) is 10.2. The number of hydrogen-bond donors (Lipinski definition) is 1. The van der Waals surface area contributed by atoms with Gasteiger partial charge in [-0.05, 0) is 43.9 Å². The van der Waals surface area contributed by atoms with Gasteiger partial charge in [-0.15, -0.1) is 0 Å². The number of carbonyl (C=O) groups is 2. The lowest BCUT2D eigenvalue weighted by molar-refractivity contribution is 0.0477. The van der Waals surface area contributed by atoms with Gasteiger partial charge in [0.05, 0.1) is 18.5 Å². The summed E-state index contributed by atoms with van der Waals surface area (Å²) < 4.78 is 6.22. The van der Waals surface area contributed by atoms with E-state index in [1.165, 1.54) is 0 Å². The molecule has 1 aromatic carbocycles. The standard InChI is InChI=1S/C22H24N4O3/c1-14-23-12-15-10-16(6-7-18(15)24-14)25-21(28)26-9-8-22(13-26)11-19(27)17-4-2-3-5-20(17)29-22/h2-5,12,16H,6-11,13H2,1H3,(H,25,28). The van der Waals surface area contributed by atoms with Crippen molar-refractivity contribution in [2.75, 3.05) is 13.1 Å². The molecule has 3 heterocycles. The van der Waals surface area contributed by atoms with Crippen LogP contribution in [0.25, 0.3) is 0 Å². The van der Waals surface area contributed by atoms with Crippen molar-refractivity contribution in [1.29, 1.82) is 0 Å². The normalized spacial score (nSPS) is 25.3. The maximum atomic E-state index is 12.9. The maximum Gasteiger partial charge on any atom is 0.317 e. The van der Waals surface area contributed by atoms with Crippen molar-refractivity contribution >= 4 is 11.8 Å². The highest BCUT2D eigenvalue weighted by atomic mass is 16.5. The lowest BCUT2D eigenvalue weighted by Crippen LogP contribution is -2.49. The van der Waals surface area contributed by atoms with Crippen LogP contribution in [0.2, 0.25) is 0 Å². The van der Waals surface area contributed by atoms with Gasteiger partial charge in [-0.25, -0.2) is 14.8 Å². The highest BCUT2D eigenvalue weighted by Gasteiger charge is 2.47. The van der Waals surface area contributed by atoms with Crippen molar-refractivity contribution in [3.8, 4) is 5.75 Å². The number of urea groups is 1. The van der Waals surface area contributed by atoms with E-state index in [1.807, 2.05) is 31.3 Å². The Bertz CT molecular complexity index is 992. The van der Waals surface area contributed by atoms with Crippen LogP contribution in [-0.4, -0.2) is 51.4 Å². The summed E-state index contributed by atoms with van der Waals surface area (Å²) >= 11 is 0. The molecule has 2 aliphatic heterocycles. The number of ketones is 1. The highest BCUT2D eigenvalue weighted by molar-refractivity contribution is 6.00. The van der Waals surface area contributed by atoms with E-state index in [4.69, 9.17) is 4.74 Å². The quantitative estimate of drug-likeness (QED) is 0.806. The van der Waals surface area contributed by atoms with E-state index < -0.39 is 5.60 Å². The Morgan fingerprint density at radius 2 is 2.21 bits per heavy atom. The number of aryl methyl sites for hydroxylation is 2. The van der Waals surface area contributed by atoms with Gasteiger partial charge in [0.25, 0.3) is 0 Å². The number of para-hydroxylation sites is 1. The largest absolute Gasteiger partial charge is 0.484 e. The third-order valence-electron chi connectivity index (χ3n) is 6.20. The van der Waals surface area contributed by atoms with Gasteiger partial charge in [0.15, 0.2) is 5.78 Å². The minimum absolute atomic E-state index is 0.0764. The predicted molar refractivity (Wildman–Crippen MR) is 106 cm³/mol. The van der Waals surface area contributed by atoms with Gasteiger partial charge in [0, 0.05) is 30.9 Å². The van der Waals surface area contributed by atoms with Crippen LogP contribution in [0.3, 0.4) is 0 Å². The molecule has 2 aromatic rings. The number of fused-ring (bicyclic) bond motifs is 2. The number of rotatable bonds is 1. The number of nitrogens with zero attached hydrogens (tertiary/aromatic N) is 3. The van der Waals surface area contributed by atoms with Crippen LogP contribution >= 0.6 is 0 Å². The maximum absolute atomic E-state index is 12.9. The van der Waals surface area contributed by atoms with Gasteiger partial charge in [-0.3, -0.25) is 4.79 Å². The zero-order valence-corrected chi connectivity index (χ0v) is 16.5. The van der Waals surface area contributed by atoms with Crippen LogP contribution in [0, 0.1) is 6.92 Å². The number of likely N-dealkylation sites (tertiary alicyclic amines) is 1. The fourth-order valence-corrected chi connectivity index (χ4v) is 4.69. The summed E-state index contributed by atoms with van der Waals surface area (Å²) in [5.41, 5.74) is 2.24. The number of Topliss-reactive ketones (excluding diaryl/α,β-unsaturated/α-hetero) is 1. The van der Waals surface area contributed by atoms with E-state index >= 15 is 0 Å². The lowest BCUT2D eigenvalue weighted by Gasteiger charge is -2.34. The molecule has 5 rings (SSSR count). The number of carbonyl (C=O) groups excluding carboxylic acids is 2. The van der Waals surface area contributed by atoms with Gasteiger partial charge in [0.1, 0.15) is 17.2 Å². The number of hydrogen-bond acceptors (Lipinski definition) is 5. The average Bonchev–Trinajstić information content (AvgIpc) is 3.11. The molecule has 2 unspecified atom stereocenters. The first kappa shape index (κ1) is 18.1. The van der Waals surface area contributed by atoms with Crippen molar-refractivity contribution in [1.82, 2.24) is 20.2 Å². The molecular formula is C22H24N4O3. The summed E-state index contributed by atoms with van der Waals surface area (Å²) in [6.45, 7) is 2.92. The van der Waals surface area contributed by atoms with E-state index in [1.54, 1.807) is 11.0 Å². The van der Waals surface area contributed by atoms with Crippen LogP contribution in [0.1, 0.15) is 46.7 Å². The first-order valence-corrected chi connectivity index (χ1v) is 10.2. The van der Waals surface area contributed by atoms with Gasteiger partial charge < -0.3 is 15.0 Å². The fourth-order valence-electron chi connectivity index (χ4n) is 4.69. The van der Waals surface area contributed by atoms with Crippen LogP contribution in [0.15, 0.2) is 30.5 Å². The summed E-state index contributed by atoms with van der Waals surface area (Å²) in [7, 11) is 0. The molecule has 2 amide bonds. The van der Waals surface area contributed by atoms with Crippen LogP contribution in [0.4, 0.5) is 4.79 Å². The second kappa shape index (κ2) is 6.83. The summed E-state index contributed by atoms with van der Waals surface area (Å²) in [6, 6.07) is 7.35. The van der Waals surface area contributed by atoms with Crippen LogP contribution < -0.4 is 10.1 Å². The number of aromatic nitrogens is 2. The number of nitrogens with one attached hydrogen (secondary N) is 1. The van der Waals surface area contributed by atoms with Crippen molar-refractivity contribution < 1.29 is 14.3 Å². The van der Waals surface area contributed by atoms with Crippen molar-refractivity contribution in [3.05, 3.63) is 53.1 Å². The molecule has 0 saturated carbocycles. The zero-order valence-electron chi connectivity index (χ0n) is 16.5. The molecule has 0 bridgehead atoms. The molecule has 1 aromatic heterocycles. The molecule has 1 saturated heterocycles. The molecular weight excluding hydrogens is 368 g/mol. The third-order valence-corrected chi connectivity index (χ3v) is 6.20. The van der Waals surface area contributed by atoms with Gasteiger partial charge in [0.2, 0.25) is 0 Å². The topological polar surface area (TPSA) is 84.4 Å². The Balaban J connectivity index is 1.24. The molecule has 2 atom stereocenters. The SMILES string of the molecule is Cc1ncc2c(n1)CCC(NC(=O)N1CCC3(CC(=O)c4ccccc4O3)C1)C2. The average molecular weight is 392 g/mol. The van der Waals surface area contributed by atoms with E-state index in [-0.39, 0.29) is 17.9 Å². The van der Waals surface area contributed by atoms with E-state index in [9.17, 15) is 9.59 Å². The van der Waals surface area contributed by atoms with Gasteiger partial charge in [-0.2, -0.15) is 0 Å². The summed E-state index contributed by atoms with van der Waals surface area (Å²) in [6.07, 6.45) is 5.34. The Morgan fingerprint density at radius 1 is 1.34 bits per heavy atom.